The van der Waals surface area contributed by atoms with Crippen LogP contribution in [0, 0.1) is 0 Å². The molecule has 0 aliphatic rings. The summed E-state index contributed by atoms with van der Waals surface area (Å²) in [7, 11) is 0. The number of nitrogen functional groups attached to an aromatic ring is 1. The molecule has 0 radical (unpaired) electrons. The predicted molar refractivity (Wildman–Crippen MR) is 66.1 cm³/mol. The van der Waals surface area contributed by atoms with Crippen molar-refractivity contribution in [2.45, 2.75) is 6.42 Å². The van der Waals surface area contributed by atoms with E-state index in [0.29, 0.717) is 0 Å². The highest BCUT2D eigenvalue weighted by atomic mass is 79.9. The summed E-state index contributed by atoms with van der Waals surface area (Å²) in [6.07, 6.45) is 5.07. The van der Waals surface area contributed by atoms with Gasteiger partial charge in [-0.2, -0.15) is 12.6 Å². The van der Waals surface area contributed by atoms with Crippen LogP contribution in [0.15, 0.2) is 28.7 Å². The summed E-state index contributed by atoms with van der Waals surface area (Å²) in [4.78, 5) is 0. The molecule has 70 valence electrons. The average molecular weight is 258 g/mol. The SMILES string of the molecule is Nc1ccc(Br)cc1C=CCCS. The summed E-state index contributed by atoms with van der Waals surface area (Å²) in [5.74, 6) is 0.865. The second kappa shape index (κ2) is 5.35. The zero-order valence-electron chi connectivity index (χ0n) is 7.20. The molecular formula is C10H12BrNS. The van der Waals surface area contributed by atoms with Crippen LogP contribution in [0.2, 0.25) is 0 Å². The van der Waals surface area contributed by atoms with E-state index in [1.807, 2.05) is 24.3 Å². The van der Waals surface area contributed by atoms with E-state index >= 15 is 0 Å². The Morgan fingerprint density at radius 1 is 1.46 bits per heavy atom. The van der Waals surface area contributed by atoms with Crippen molar-refractivity contribution < 1.29 is 0 Å². The quantitative estimate of drug-likeness (QED) is 0.631. The first-order valence-corrected chi connectivity index (χ1v) is 5.49. The first-order valence-electron chi connectivity index (χ1n) is 4.06. The van der Waals surface area contributed by atoms with Crippen LogP contribution in [0.4, 0.5) is 5.69 Å². The Morgan fingerprint density at radius 3 is 2.92 bits per heavy atom. The molecule has 0 heterocycles. The van der Waals surface area contributed by atoms with Gasteiger partial charge >= 0.3 is 0 Å². The van der Waals surface area contributed by atoms with Crippen molar-refractivity contribution in [3.05, 3.63) is 34.3 Å². The fraction of sp³-hybridized carbons (Fsp3) is 0.200. The molecule has 0 aliphatic heterocycles. The fourth-order valence-electron chi connectivity index (χ4n) is 0.975. The largest absolute Gasteiger partial charge is 0.398 e. The van der Waals surface area contributed by atoms with Crippen LogP contribution in [-0.2, 0) is 0 Å². The minimum Gasteiger partial charge on any atom is -0.398 e. The Hall–Kier alpha value is -0.410. The third kappa shape index (κ3) is 3.44. The van der Waals surface area contributed by atoms with E-state index in [2.05, 4.69) is 34.6 Å². The van der Waals surface area contributed by atoms with Gasteiger partial charge in [-0.3, -0.25) is 0 Å². The number of anilines is 1. The number of nitrogens with two attached hydrogens (primary N) is 1. The lowest BCUT2D eigenvalue weighted by Gasteiger charge is -2.00. The number of thiol groups is 1. The van der Waals surface area contributed by atoms with Crippen LogP contribution < -0.4 is 5.73 Å². The number of hydrogen-bond acceptors (Lipinski definition) is 2. The van der Waals surface area contributed by atoms with Crippen LogP contribution in [0.3, 0.4) is 0 Å². The van der Waals surface area contributed by atoms with Gasteiger partial charge in [0.1, 0.15) is 0 Å². The van der Waals surface area contributed by atoms with Gasteiger partial charge in [0.05, 0.1) is 0 Å². The van der Waals surface area contributed by atoms with Crippen LogP contribution in [0.1, 0.15) is 12.0 Å². The van der Waals surface area contributed by atoms with Crippen LogP contribution in [0.5, 0.6) is 0 Å². The van der Waals surface area contributed by atoms with E-state index in [4.69, 9.17) is 5.73 Å². The number of benzene rings is 1. The zero-order valence-corrected chi connectivity index (χ0v) is 9.68. The van der Waals surface area contributed by atoms with Gasteiger partial charge in [0.2, 0.25) is 0 Å². The fourth-order valence-corrected chi connectivity index (χ4v) is 1.50. The molecule has 1 rings (SSSR count). The standard InChI is InChI=1S/C10H12BrNS/c11-9-4-5-10(12)8(7-9)3-1-2-6-13/h1,3-5,7,13H,2,6,12H2. The third-order valence-corrected chi connectivity index (χ3v) is 2.39. The molecule has 0 fully saturated rings. The smallest absolute Gasteiger partial charge is 0.0388 e. The highest BCUT2D eigenvalue weighted by molar-refractivity contribution is 9.10. The molecule has 0 unspecified atom stereocenters. The lowest BCUT2D eigenvalue weighted by Crippen LogP contribution is -1.88. The highest BCUT2D eigenvalue weighted by Crippen LogP contribution is 2.19. The maximum atomic E-state index is 5.78. The average Bonchev–Trinajstić information content (AvgIpc) is 2.11. The normalized spacial score (nSPS) is 10.9. The molecule has 0 saturated carbocycles. The molecule has 2 N–H and O–H groups in total. The van der Waals surface area contributed by atoms with Crippen LogP contribution in [0.25, 0.3) is 6.08 Å². The first kappa shape index (κ1) is 10.7. The molecule has 3 heteroatoms. The zero-order chi connectivity index (χ0) is 9.68. The Labute approximate surface area is 92.6 Å². The maximum absolute atomic E-state index is 5.78. The highest BCUT2D eigenvalue weighted by Gasteiger charge is 1.94. The summed E-state index contributed by atoms with van der Waals surface area (Å²) in [5, 5.41) is 0. The summed E-state index contributed by atoms with van der Waals surface area (Å²) in [6.45, 7) is 0. The lowest BCUT2D eigenvalue weighted by atomic mass is 10.1. The Balaban J connectivity index is 2.81. The van der Waals surface area contributed by atoms with E-state index < -0.39 is 0 Å². The van der Waals surface area contributed by atoms with Gasteiger partial charge in [-0.05, 0) is 35.9 Å². The number of rotatable bonds is 3. The first-order chi connectivity index (χ1) is 6.24. The minimum atomic E-state index is 0.804. The monoisotopic (exact) mass is 257 g/mol. The van der Waals surface area contributed by atoms with Crippen molar-refractivity contribution in [3.63, 3.8) is 0 Å². The summed E-state index contributed by atoms with van der Waals surface area (Å²) in [5.41, 5.74) is 7.64. The molecule has 0 aliphatic carbocycles. The molecule has 1 nitrogen and oxygen atoms in total. The van der Waals surface area contributed by atoms with E-state index in [9.17, 15) is 0 Å². The van der Waals surface area contributed by atoms with E-state index in [0.717, 1.165) is 27.9 Å². The van der Waals surface area contributed by atoms with Crippen LogP contribution in [-0.4, -0.2) is 5.75 Å². The summed E-state index contributed by atoms with van der Waals surface area (Å²) < 4.78 is 1.05. The number of halogens is 1. The molecule has 0 aromatic heterocycles. The van der Waals surface area contributed by atoms with Gasteiger partial charge in [0.25, 0.3) is 0 Å². The van der Waals surface area contributed by atoms with Crippen molar-refractivity contribution in [3.8, 4) is 0 Å². The molecule has 0 spiro atoms. The maximum Gasteiger partial charge on any atom is 0.0388 e. The van der Waals surface area contributed by atoms with Gasteiger partial charge in [0, 0.05) is 10.2 Å². The van der Waals surface area contributed by atoms with Gasteiger partial charge in [-0.1, -0.05) is 28.1 Å². The molecule has 0 atom stereocenters. The van der Waals surface area contributed by atoms with Crippen molar-refractivity contribution >= 4 is 40.3 Å². The van der Waals surface area contributed by atoms with Crippen LogP contribution >= 0.6 is 28.6 Å². The topological polar surface area (TPSA) is 26.0 Å². The van der Waals surface area contributed by atoms with Crippen molar-refractivity contribution in [1.82, 2.24) is 0 Å². The molecule has 0 saturated heterocycles. The molecule has 0 bridgehead atoms. The van der Waals surface area contributed by atoms with E-state index in [1.54, 1.807) is 0 Å². The second-order valence-corrected chi connectivity index (χ2v) is 4.05. The van der Waals surface area contributed by atoms with Crippen molar-refractivity contribution in [2.75, 3.05) is 11.5 Å². The van der Waals surface area contributed by atoms with Crippen molar-refractivity contribution in [2.24, 2.45) is 0 Å². The number of allylic oxidation sites excluding steroid dienone is 1. The molecular weight excluding hydrogens is 246 g/mol. The summed E-state index contributed by atoms with van der Waals surface area (Å²) >= 11 is 7.52. The molecule has 13 heavy (non-hydrogen) atoms. The Morgan fingerprint density at radius 2 is 2.23 bits per heavy atom. The van der Waals surface area contributed by atoms with Gasteiger partial charge in [-0.15, -0.1) is 0 Å². The minimum absolute atomic E-state index is 0.804. The Kier molecular flexibility index (Phi) is 4.39. The van der Waals surface area contributed by atoms with E-state index in [1.165, 1.54) is 0 Å². The van der Waals surface area contributed by atoms with Gasteiger partial charge in [-0.25, -0.2) is 0 Å². The second-order valence-electron chi connectivity index (χ2n) is 2.69. The van der Waals surface area contributed by atoms with Gasteiger partial charge < -0.3 is 5.73 Å². The lowest BCUT2D eigenvalue weighted by molar-refractivity contribution is 1.26. The van der Waals surface area contributed by atoms with E-state index in [-0.39, 0.29) is 0 Å². The Bertz CT molecular complexity index is 310. The van der Waals surface area contributed by atoms with Gasteiger partial charge in [0.15, 0.2) is 0 Å². The third-order valence-electron chi connectivity index (χ3n) is 1.64. The molecule has 1 aromatic carbocycles. The number of hydrogen-bond donors (Lipinski definition) is 2. The molecule has 1 aromatic rings. The summed E-state index contributed by atoms with van der Waals surface area (Å²) in [6, 6.07) is 5.83. The molecule has 0 amide bonds. The predicted octanol–water partition coefficient (Wildman–Crippen LogP) is 3.36. The van der Waals surface area contributed by atoms with Crippen molar-refractivity contribution in [1.29, 1.82) is 0 Å².